The monoisotopic (exact) mass is 371 g/mol. The summed E-state index contributed by atoms with van der Waals surface area (Å²) < 4.78 is 5.05. The van der Waals surface area contributed by atoms with E-state index in [2.05, 4.69) is 5.32 Å². The molecule has 0 bridgehead atoms. The van der Waals surface area contributed by atoms with Crippen molar-refractivity contribution in [2.24, 2.45) is 0 Å². The number of nitrogens with one attached hydrogen (secondary N) is 1. The first-order chi connectivity index (χ1) is 12.4. The predicted octanol–water partition coefficient (Wildman–Crippen LogP) is 3.48. The van der Waals surface area contributed by atoms with Gasteiger partial charge < -0.3 is 10.1 Å². The number of amides is 1. The summed E-state index contributed by atoms with van der Waals surface area (Å²) in [5, 5.41) is 22.9. The van der Waals surface area contributed by atoms with Gasteiger partial charge in [0.25, 0.3) is 11.6 Å². The number of nitriles is 1. The van der Waals surface area contributed by atoms with Gasteiger partial charge in [-0.2, -0.15) is 5.26 Å². The van der Waals surface area contributed by atoms with Gasteiger partial charge in [-0.05, 0) is 29.8 Å². The predicted molar refractivity (Wildman–Crippen MR) is 96.5 cm³/mol. The smallest absolute Gasteiger partial charge is 0.270 e. The quantitative estimate of drug-likeness (QED) is 0.362. The number of methoxy groups -OCH3 is 1. The van der Waals surface area contributed by atoms with Gasteiger partial charge in [-0.3, -0.25) is 14.9 Å². The van der Waals surface area contributed by atoms with E-state index in [4.69, 9.17) is 16.3 Å². The van der Waals surface area contributed by atoms with Crippen molar-refractivity contribution in [3.05, 3.63) is 74.3 Å². The summed E-state index contributed by atoms with van der Waals surface area (Å²) >= 11 is 5.99. The molecule has 2 rings (SSSR count). The van der Waals surface area contributed by atoms with Gasteiger partial charge in [0.1, 0.15) is 17.4 Å². The molecule has 0 aliphatic carbocycles. The zero-order valence-electron chi connectivity index (χ0n) is 13.7. The molecule has 0 atom stereocenters. The van der Waals surface area contributed by atoms with Crippen LogP contribution >= 0.6 is 11.6 Å². The average Bonchev–Trinajstić information content (AvgIpc) is 2.65. The molecule has 8 heteroatoms. The summed E-state index contributed by atoms with van der Waals surface area (Å²) in [5.41, 5.74) is 0.652. The zero-order valence-corrected chi connectivity index (χ0v) is 14.5. The van der Waals surface area contributed by atoms with Gasteiger partial charge in [-0.15, -0.1) is 0 Å². The number of ether oxygens (including phenoxy) is 1. The minimum atomic E-state index is -0.606. The largest absolute Gasteiger partial charge is 0.497 e. The van der Waals surface area contributed by atoms with E-state index in [1.54, 1.807) is 37.4 Å². The highest BCUT2D eigenvalue weighted by Gasteiger charge is 2.13. The number of rotatable bonds is 6. The van der Waals surface area contributed by atoms with Crippen LogP contribution in [0.4, 0.5) is 5.69 Å². The summed E-state index contributed by atoms with van der Waals surface area (Å²) in [6.07, 6.45) is 1.22. The van der Waals surface area contributed by atoms with E-state index < -0.39 is 10.8 Å². The fourth-order valence-electron chi connectivity index (χ4n) is 2.08. The van der Waals surface area contributed by atoms with Crippen LogP contribution in [0, 0.1) is 21.4 Å². The van der Waals surface area contributed by atoms with Crippen LogP contribution in [0.2, 0.25) is 5.02 Å². The molecule has 0 fully saturated rings. The maximum Gasteiger partial charge on any atom is 0.270 e. The van der Waals surface area contributed by atoms with Gasteiger partial charge in [-0.1, -0.05) is 23.7 Å². The highest BCUT2D eigenvalue weighted by atomic mass is 35.5. The molecular formula is C18H14ClN3O4. The molecule has 0 saturated carbocycles. The van der Waals surface area contributed by atoms with Crippen molar-refractivity contribution in [3.8, 4) is 11.8 Å². The van der Waals surface area contributed by atoms with Gasteiger partial charge in [0, 0.05) is 29.3 Å². The molecule has 0 saturated heterocycles. The highest BCUT2D eigenvalue weighted by Crippen LogP contribution is 2.24. The van der Waals surface area contributed by atoms with Gasteiger partial charge in [-0.25, -0.2) is 0 Å². The molecule has 2 aromatic carbocycles. The minimum absolute atomic E-state index is 0.184. The van der Waals surface area contributed by atoms with Crippen molar-refractivity contribution < 1.29 is 14.5 Å². The number of carbonyl (C=O) groups excluding carboxylic acids is 1. The van der Waals surface area contributed by atoms with E-state index in [9.17, 15) is 20.2 Å². The van der Waals surface area contributed by atoms with E-state index in [1.807, 2.05) is 0 Å². The molecule has 0 aromatic heterocycles. The Morgan fingerprint density at radius 3 is 2.62 bits per heavy atom. The number of hydrogen-bond acceptors (Lipinski definition) is 5. The van der Waals surface area contributed by atoms with Crippen molar-refractivity contribution >= 4 is 29.3 Å². The standard InChI is InChI=1S/C18H14ClN3O4/c1-26-16-5-2-12(3-6-16)11-21-18(23)14(10-20)8-13-9-15(22(24)25)4-7-17(13)19/h2-9H,11H2,1H3,(H,21,23)/b14-8-. The Hall–Kier alpha value is -3.37. The first-order valence-electron chi connectivity index (χ1n) is 7.41. The van der Waals surface area contributed by atoms with Crippen LogP contribution in [0.1, 0.15) is 11.1 Å². The Kier molecular flexibility index (Phi) is 6.31. The fourth-order valence-corrected chi connectivity index (χ4v) is 2.25. The molecule has 0 heterocycles. The van der Waals surface area contributed by atoms with Crippen LogP contribution < -0.4 is 10.1 Å². The average molecular weight is 372 g/mol. The van der Waals surface area contributed by atoms with Gasteiger partial charge >= 0.3 is 0 Å². The summed E-state index contributed by atoms with van der Waals surface area (Å²) in [5.74, 6) is 0.0869. The molecular weight excluding hydrogens is 358 g/mol. The Balaban J connectivity index is 2.15. The van der Waals surface area contributed by atoms with E-state index in [0.29, 0.717) is 5.75 Å². The number of non-ortho nitro benzene ring substituents is 1. The van der Waals surface area contributed by atoms with Crippen LogP contribution in [0.25, 0.3) is 6.08 Å². The lowest BCUT2D eigenvalue weighted by molar-refractivity contribution is -0.384. The van der Waals surface area contributed by atoms with Crippen molar-refractivity contribution in [3.63, 3.8) is 0 Å². The van der Waals surface area contributed by atoms with E-state index in [1.165, 1.54) is 24.3 Å². The normalized spacial score (nSPS) is 10.7. The van der Waals surface area contributed by atoms with Crippen LogP contribution in [0.15, 0.2) is 48.0 Å². The molecule has 132 valence electrons. The molecule has 1 amide bonds. The van der Waals surface area contributed by atoms with Crippen LogP contribution in [0.5, 0.6) is 5.75 Å². The number of halogens is 1. The molecule has 7 nitrogen and oxygen atoms in total. The second-order valence-corrected chi connectivity index (χ2v) is 5.57. The molecule has 0 aliphatic heterocycles. The third-order valence-electron chi connectivity index (χ3n) is 3.47. The van der Waals surface area contributed by atoms with Crippen LogP contribution in [-0.4, -0.2) is 17.9 Å². The number of nitrogens with zero attached hydrogens (tertiary/aromatic N) is 2. The topological polar surface area (TPSA) is 105 Å². The maximum absolute atomic E-state index is 12.2. The van der Waals surface area contributed by atoms with Crippen molar-refractivity contribution in [2.75, 3.05) is 7.11 Å². The molecule has 0 spiro atoms. The van der Waals surface area contributed by atoms with E-state index in [0.717, 1.165) is 5.56 Å². The Bertz CT molecular complexity index is 902. The number of carbonyl (C=O) groups is 1. The summed E-state index contributed by atoms with van der Waals surface area (Å²) in [6, 6.07) is 12.7. The van der Waals surface area contributed by atoms with Crippen molar-refractivity contribution in [1.29, 1.82) is 5.26 Å². The Labute approximate surface area is 154 Å². The van der Waals surface area contributed by atoms with Crippen LogP contribution in [-0.2, 0) is 11.3 Å². The molecule has 0 unspecified atom stereocenters. The SMILES string of the molecule is COc1ccc(CNC(=O)/C(C#N)=C\c2cc([N+](=O)[O-])ccc2Cl)cc1. The lowest BCUT2D eigenvalue weighted by Crippen LogP contribution is -2.23. The van der Waals surface area contributed by atoms with Crippen LogP contribution in [0.3, 0.4) is 0 Å². The first-order valence-corrected chi connectivity index (χ1v) is 7.79. The molecule has 2 aromatic rings. The first kappa shape index (κ1) is 19.0. The molecule has 0 aliphatic rings. The van der Waals surface area contributed by atoms with Gasteiger partial charge in [0.05, 0.1) is 12.0 Å². The molecule has 26 heavy (non-hydrogen) atoms. The van der Waals surface area contributed by atoms with E-state index >= 15 is 0 Å². The summed E-state index contributed by atoms with van der Waals surface area (Å²) in [6.45, 7) is 0.213. The maximum atomic E-state index is 12.2. The highest BCUT2D eigenvalue weighted by molar-refractivity contribution is 6.32. The van der Waals surface area contributed by atoms with Crippen molar-refractivity contribution in [1.82, 2.24) is 5.32 Å². The third kappa shape index (κ3) is 4.82. The number of hydrogen-bond donors (Lipinski definition) is 1. The lowest BCUT2D eigenvalue weighted by Gasteiger charge is -2.06. The van der Waals surface area contributed by atoms with E-state index in [-0.39, 0.29) is 28.4 Å². The second-order valence-electron chi connectivity index (χ2n) is 5.16. The lowest BCUT2D eigenvalue weighted by atomic mass is 10.1. The Morgan fingerprint density at radius 2 is 2.04 bits per heavy atom. The third-order valence-corrected chi connectivity index (χ3v) is 3.81. The summed E-state index contributed by atoms with van der Waals surface area (Å²) in [4.78, 5) is 22.5. The number of nitro groups is 1. The van der Waals surface area contributed by atoms with Gasteiger partial charge in [0.15, 0.2) is 0 Å². The number of benzene rings is 2. The Morgan fingerprint density at radius 1 is 1.35 bits per heavy atom. The van der Waals surface area contributed by atoms with Gasteiger partial charge in [0.2, 0.25) is 0 Å². The zero-order chi connectivity index (χ0) is 19.1. The summed E-state index contributed by atoms with van der Waals surface area (Å²) in [7, 11) is 1.56. The van der Waals surface area contributed by atoms with Crippen molar-refractivity contribution in [2.45, 2.75) is 6.54 Å². The minimum Gasteiger partial charge on any atom is -0.497 e. The fraction of sp³-hybridized carbons (Fsp3) is 0.111. The second kappa shape index (κ2) is 8.65. The molecule has 0 radical (unpaired) electrons. The molecule has 1 N–H and O–H groups in total. The number of nitro benzene ring substituents is 1.